The Kier molecular flexibility index (Phi) is 18.8. The van der Waals surface area contributed by atoms with Gasteiger partial charge < -0.3 is 9.47 Å². The predicted molar refractivity (Wildman–Crippen MR) is 87.3 cm³/mol. The Balaban J connectivity index is 2.88. The molecule has 0 aromatic carbocycles. The van der Waals surface area contributed by atoms with E-state index in [0.717, 1.165) is 31.8 Å². The molecule has 0 N–H and O–H groups in total. The third kappa shape index (κ3) is 18.4. The summed E-state index contributed by atoms with van der Waals surface area (Å²) in [5.74, 6) is 0. The van der Waals surface area contributed by atoms with Gasteiger partial charge in [-0.3, -0.25) is 0 Å². The minimum absolute atomic E-state index is 0.758. The van der Waals surface area contributed by atoms with Crippen LogP contribution < -0.4 is 0 Å². The summed E-state index contributed by atoms with van der Waals surface area (Å²) in [6.45, 7) is 5.57. The Morgan fingerprint density at radius 1 is 0.579 bits per heavy atom. The van der Waals surface area contributed by atoms with Gasteiger partial charge in [0.2, 0.25) is 0 Å². The van der Waals surface area contributed by atoms with E-state index in [1.54, 1.807) is 0 Å². The molecule has 0 aliphatic carbocycles. The molecule has 0 rings (SSSR count). The number of hydrogen-bond donors (Lipinski definition) is 0. The summed E-state index contributed by atoms with van der Waals surface area (Å²) < 4.78 is 11.1. The molecule has 0 unspecified atom stereocenters. The molecule has 0 aliphatic rings. The average molecular weight is 337 g/mol. The van der Waals surface area contributed by atoms with E-state index in [0.29, 0.717) is 0 Å². The van der Waals surface area contributed by atoms with Gasteiger partial charge in [-0.15, -0.1) is 0 Å². The Bertz CT molecular complexity index is 138. The molecule has 0 saturated heterocycles. The first kappa shape index (κ1) is 19.4. The minimum Gasteiger partial charge on any atom is -0.379 e. The maximum atomic E-state index is 5.55. The van der Waals surface area contributed by atoms with Crippen molar-refractivity contribution in [3.8, 4) is 0 Å². The molecule has 0 saturated carbocycles. The van der Waals surface area contributed by atoms with Crippen LogP contribution in [0.25, 0.3) is 0 Å². The third-order valence-electron chi connectivity index (χ3n) is 3.19. The normalized spacial score (nSPS) is 11.1. The molecule has 0 radical (unpaired) electrons. The molecule has 0 spiro atoms. The van der Waals surface area contributed by atoms with Crippen LogP contribution in [-0.2, 0) is 9.47 Å². The predicted octanol–water partition coefficient (Wildman–Crippen LogP) is 5.34. The van der Waals surface area contributed by atoms with Gasteiger partial charge in [0, 0.05) is 18.5 Å². The first-order chi connectivity index (χ1) is 9.41. The largest absolute Gasteiger partial charge is 0.379 e. The van der Waals surface area contributed by atoms with Gasteiger partial charge in [0.15, 0.2) is 0 Å². The van der Waals surface area contributed by atoms with E-state index in [9.17, 15) is 0 Å². The van der Waals surface area contributed by atoms with Crippen molar-refractivity contribution in [2.24, 2.45) is 0 Å². The maximum absolute atomic E-state index is 5.55. The number of ether oxygens (including phenoxy) is 2. The van der Waals surface area contributed by atoms with Gasteiger partial charge in [-0.2, -0.15) is 0 Å². The summed E-state index contributed by atoms with van der Waals surface area (Å²) in [6, 6.07) is 0. The fourth-order valence-corrected chi connectivity index (χ4v) is 2.36. The van der Waals surface area contributed by atoms with Crippen LogP contribution in [-0.4, -0.2) is 31.8 Å². The molecule has 0 aromatic rings. The summed E-state index contributed by atoms with van der Waals surface area (Å²) in [4.78, 5) is 0. The van der Waals surface area contributed by atoms with Crippen LogP contribution >= 0.6 is 15.9 Å². The molecule has 0 aromatic heterocycles. The van der Waals surface area contributed by atoms with Crippen LogP contribution in [0.1, 0.15) is 71.1 Å². The third-order valence-corrected chi connectivity index (χ3v) is 3.75. The van der Waals surface area contributed by atoms with Crippen molar-refractivity contribution < 1.29 is 9.47 Å². The van der Waals surface area contributed by atoms with E-state index in [-0.39, 0.29) is 0 Å². The van der Waals surface area contributed by atoms with Crippen LogP contribution in [0.3, 0.4) is 0 Å². The van der Waals surface area contributed by atoms with Gasteiger partial charge in [-0.05, 0) is 19.3 Å². The molecule has 0 aliphatic heterocycles. The number of halogens is 1. The zero-order valence-corrected chi connectivity index (χ0v) is 14.4. The lowest BCUT2D eigenvalue weighted by Gasteiger charge is -2.06. The SMILES string of the molecule is CCCCCCCCOCCOCCCCCCBr. The summed E-state index contributed by atoms with van der Waals surface area (Å²) >= 11 is 3.44. The van der Waals surface area contributed by atoms with Gasteiger partial charge in [0.05, 0.1) is 13.2 Å². The number of rotatable bonds is 16. The van der Waals surface area contributed by atoms with Crippen LogP contribution in [0.15, 0.2) is 0 Å². The van der Waals surface area contributed by atoms with Gasteiger partial charge >= 0.3 is 0 Å². The molecule has 0 amide bonds. The van der Waals surface area contributed by atoms with Crippen molar-refractivity contribution >= 4 is 15.9 Å². The van der Waals surface area contributed by atoms with Crippen LogP contribution in [0.5, 0.6) is 0 Å². The zero-order chi connectivity index (χ0) is 14.0. The van der Waals surface area contributed by atoms with E-state index in [4.69, 9.17) is 9.47 Å². The fourth-order valence-electron chi connectivity index (χ4n) is 1.96. The van der Waals surface area contributed by atoms with Crippen molar-refractivity contribution in [2.75, 3.05) is 31.8 Å². The van der Waals surface area contributed by atoms with Crippen molar-refractivity contribution in [3.05, 3.63) is 0 Å². The summed E-state index contributed by atoms with van der Waals surface area (Å²) in [5, 5.41) is 1.13. The topological polar surface area (TPSA) is 18.5 Å². The second-order valence-electron chi connectivity index (χ2n) is 5.10. The van der Waals surface area contributed by atoms with Crippen molar-refractivity contribution in [2.45, 2.75) is 71.1 Å². The highest BCUT2D eigenvalue weighted by Gasteiger charge is 1.93. The van der Waals surface area contributed by atoms with Gasteiger partial charge in [0.1, 0.15) is 0 Å². The summed E-state index contributed by atoms with van der Waals surface area (Å²) in [5.41, 5.74) is 0. The highest BCUT2D eigenvalue weighted by Crippen LogP contribution is 2.05. The number of unbranched alkanes of at least 4 members (excludes halogenated alkanes) is 8. The van der Waals surface area contributed by atoms with E-state index in [1.165, 1.54) is 64.2 Å². The summed E-state index contributed by atoms with van der Waals surface area (Å²) in [6.07, 6.45) is 13.0. The number of hydrogen-bond acceptors (Lipinski definition) is 2. The Labute approximate surface area is 128 Å². The first-order valence-corrected chi connectivity index (χ1v) is 9.25. The zero-order valence-electron chi connectivity index (χ0n) is 12.8. The van der Waals surface area contributed by atoms with Crippen LogP contribution in [0.2, 0.25) is 0 Å². The molecule has 116 valence electrons. The molecule has 0 fully saturated rings. The lowest BCUT2D eigenvalue weighted by molar-refractivity contribution is 0.0449. The highest BCUT2D eigenvalue weighted by atomic mass is 79.9. The van der Waals surface area contributed by atoms with Crippen molar-refractivity contribution in [1.29, 1.82) is 0 Å². The van der Waals surface area contributed by atoms with Crippen molar-refractivity contribution in [3.63, 3.8) is 0 Å². The van der Waals surface area contributed by atoms with E-state index in [2.05, 4.69) is 22.9 Å². The summed E-state index contributed by atoms with van der Waals surface area (Å²) in [7, 11) is 0. The molecule has 0 atom stereocenters. The quantitative estimate of drug-likeness (QED) is 0.280. The first-order valence-electron chi connectivity index (χ1n) is 8.13. The number of alkyl halides is 1. The van der Waals surface area contributed by atoms with Gasteiger partial charge in [-0.1, -0.05) is 67.8 Å². The smallest absolute Gasteiger partial charge is 0.0700 e. The molecule has 0 bridgehead atoms. The molecule has 0 heterocycles. The Morgan fingerprint density at radius 3 is 1.58 bits per heavy atom. The molecule has 3 heteroatoms. The molecule has 19 heavy (non-hydrogen) atoms. The second kappa shape index (κ2) is 18.4. The second-order valence-corrected chi connectivity index (χ2v) is 5.89. The fraction of sp³-hybridized carbons (Fsp3) is 1.00. The molecular formula is C16H33BrO2. The standard InChI is InChI=1S/C16H33BrO2/c1-2-3-4-5-7-10-13-18-15-16-19-14-11-8-6-9-12-17/h2-16H2,1H3. The lowest BCUT2D eigenvalue weighted by Crippen LogP contribution is -2.06. The monoisotopic (exact) mass is 336 g/mol. The van der Waals surface area contributed by atoms with Crippen LogP contribution in [0, 0.1) is 0 Å². The molecule has 2 nitrogen and oxygen atoms in total. The van der Waals surface area contributed by atoms with E-state index < -0.39 is 0 Å². The average Bonchev–Trinajstić information content (AvgIpc) is 2.43. The Morgan fingerprint density at radius 2 is 1.05 bits per heavy atom. The van der Waals surface area contributed by atoms with E-state index in [1.807, 2.05) is 0 Å². The van der Waals surface area contributed by atoms with Crippen LogP contribution in [0.4, 0.5) is 0 Å². The van der Waals surface area contributed by atoms with Gasteiger partial charge in [-0.25, -0.2) is 0 Å². The van der Waals surface area contributed by atoms with Crippen molar-refractivity contribution in [1.82, 2.24) is 0 Å². The maximum Gasteiger partial charge on any atom is 0.0700 e. The minimum atomic E-state index is 0.758. The van der Waals surface area contributed by atoms with E-state index >= 15 is 0 Å². The highest BCUT2D eigenvalue weighted by molar-refractivity contribution is 9.09. The lowest BCUT2D eigenvalue weighted by atomic mass is 10.1. The van der Waals surface area contributed by atoms with Gasteiger partial charge in [0.25, 0.3) is 0 Å². The Hall–Kier alpha value is 0.400. The molecular weight excluding hydrogens is 304 g/mol.